The molecule has 19 heavy (non-hydrogen) atoms. The standard InChI is InChI=1S/C16H28O3/c1-14(2)11-12(15(3,4)19-14)13(17)16(18)9-7-5-6-8-10-16/h12,18H,5-11H2,1-4H3. The summed E-state index contributed by atoms with van der Waals surface area (Å²) >= 11 is 0. The average Bonchev–Trinajstić information content (AvgIpc) is 2.43. The molecule has 1 atom stereocenters. The van der Waals surface area contributed by atoms with Crippen molar-refractivity contribution in [3.8, 4) is 0 Å². The summed E-state index contributed by atoms with van der Waals surface area (Å²) in [6.45, 7) is 8.01. The predicted molar refractivity (Wildman–Crippen MR) is 75.0 cm³/mol. The van der Waals surface area contributed by atoms with Crippen molar-refractivity contribution in [2.45, 2.75) is 89.4 Å². The molecular weight excluding hydrogens is 240 g/mol. The molecule has 0 radical (unpaired) electrons. The first-order valence-corrected chi connectivity index (χ1v) is 7.63. The highest BCUT2D eigenvalue weighted by atomic mass is 16.5. The van der Waals surface area contributed by atoms with E-state index in [1.807, 2.05) is 27.7 Å². The molecule has 3 heteroatoms. The van der Waals surface area contributed by atoms with E-state index in [1.165, 1.54) is 0 Å². The van der Waals surface area contributed by atoms with Gasteiger partial charge in [0.2, 0.25) is 0 Å². The van der Waals surface area contributed by atoms with Gasteiger partial charge in [-0.15, -0.1) is 0 Å². The first kappa shape index (κ1) is 15.0. The summed E-state index contributed by atoms with van der Waals surface area (Å²) in [6.07, 6.45) is 6.13. The van der Waals surface area contributed by atoms with Crippen LogP contribution in [0.2, 0.25) is 0 Å². The minimum Gasteiger partial charge on any atom is -0.382 e. The minimum absolute atomic E-state index is 0.0185. The van der Waals surface area contributed by atoms with Crippen LogP contribution in [0.15, 0.2) is 0 Å². The van der Waals surface area contributed by atoms with Crippen molar-refractivity contribution in [1.82, 2.24) is 0 Å². The van der Waals surface area contributed by atoms with Crippen LogP contribution >= 0.6 is 0 Å². The minimum atomic E-state index is -1.11. The highest BCUT2D eigenvalue weighted by Crippen LogP contribution is 2.45. The fourth-order valence-corrected chi connectivity index (χ4v) is 3.85. The van der Waals surface area contributed by atoms with Crippen molar-refractivity contribution in [2.75, 3.05) is 0 Å². The van der Waals surface area contributed by atoms with E-state index >= 15 is 0 Å². The van der Waals surface area contributed by atoms with Crippen LogP contribution in [-0.4, -0.2) is 27.7 Å². The number of carbonyl (C=O) groups is 1. The topological polar surface area (TPSA) is 46.5 Å². The molecule has 0 aromatic rings. The van der Waals surface area contributed by atoms with Crippen LogP contribution in [0.5, 0.6) is 0 Å². The molecule has 2 aliphatic rings. The Hall–Kier alpha value is -0.410. The van der Waals surface area contributed by atoms with Crippen LogP contribution in [0.1, 0.15) is 72.6 Å². The second-order valence-electron chi connectivity index (χ2n) is 7.53. The summed E-state index contributed by atoms with van der Waals surface area (Å²) in [6, 6.07) is 0. The second-order valence-corrected chi connectivity index (χ2v) is 7.53. The van der Waals surface area contributed by atoms with Gasteiger partial charge in [0.05, 0.1) is 17.1 Å². The lowest BCUT2D eigenvalue weighted by molar-refractivity contribution is -0.149. The maximum atomic E-state index is 12.8. The van der Waals surface area contributed by atoms with Crippen molar-refractivity contribution in [1.29, 1.82) is 0 Å². The molecule has 1 aliphatic carbocycles. The molecule has 1 saturated carbocycles. The molecule has 0 aromatic carbocycles. The number of hydrogen-bond acceptors (Lipinski definition) is 3. The SMILES string of the molecule is CC1(C)CC(C(=O)C2(O)CCCCCC2)C(C)(C)O1. The van der Waals surface area contributed by atoms with Crippen LogP contribution in [0.4, 0.5) is 0 Å². The lowest BCUT2D eigenvalue weighted by atomic mass is 9.75. The van der Waals surface area contributed by atoms with Gasteiger partial charge in [0, 0.05) is 0 Å². The van der Waals surface area contributed by atoms with E-state index in [9.17, 15) is 9.90 Å². The molecule has 0 aromatic heterocycles. The number of ether oxygens (including phenoxy) is 1. The maximum Gasteiger partial charge on any atom is 0.170 e. The highest BCUT2D eigenvalue weighted by Gasteiger charge is 2.53. The Morgan fingerprint density at radius 1 is 1.05 bits per heavy atom. The van der Waals surface area contributed by atoms with Gasteiger partial charge in [-0.05, 0) is 47.0 Å². The third-order valence-corrected chi connectivity index (χ3v) is 4.78. The summed E-state index contributed by atoms with van der Waals surface area (Å²) in [5.74, 6) is -0.171. The lowest BCUT2D eigenvalue weighted by Crippen LogP contribution is -2.47. The van der Waals surface area contributed by atoms with Crippen LogP contribution in [0, 0.1) is 5.92 Å². The van der Waals surface area contributed by atoms with Gasteiger partial charge in [-0.2, -0.15) is 0 Å². The molecule has 2 fully saturated rings. The summed E-state index contributed by atoms with van der Waals surface area (Å²) < 4.78 is 6.01. The molecule has 1 N–H and O–H groups in total. The maximum absolute atomic E-state index is 12.8. The number of Topliss-reactive ketones (excluding diaryl/α,β-unsaturated/α-hetero) is 1. The van der Waals surface area contributed by atoms with Crippen molar-refractivity contribution in [2.24, 2.45) is 5.92 Å². The third-order valence-electron chi connectivity index (χ3n) is 4.78. The van der Waals surface area contributed by atoms with E-state index in [4.69, 9.17) is 4.74 Å². The van der Waals surface area contributed by atoms with Gasteiger partial charge < -0.3 is 9.84 Å². The van der Waals surface area contributed by atoms with E-state index in [2.05, 4.69) is 0 Å². The molecule has 1 saturated heterocycles. The normalized spacial score (nSPS) is 32.8. The van der Waals surface area contributed by atoms with Crippen molar-refractivity contribution in [3.63, 3.8) is 0 Å². The number of ketones is 1. The molecule has 1 aliphatic heterocycles. The smallest absolute Gasteiger partial charge is 0.170 e. The Labute approximate surface area is 116 Å². The first-order valence-electron chi connectivity index (χ1n) is 7.63. The Morgan fingerprint density at radius 3 is 2.00 bits per heavy atom. The molecule has 1 unspecified atom stereocenters. The van der Waals surface area contributed by atoms with E-state index in [0.717, 1.165) is 25.7 Å². The Bertz CT molecular complexity index is 349. The molecule has 2 rings (SSSR count). The molecule has 1 heterocycles. The zero-order valence-electron chi connectivity index (χ0n) is 12.8. The largest absolute Gasteiger partial charge is 0.382 e. The average molecular weight is 268 g/mol. The van der Waals surface area contributed by atoms with Gasteiger partial charge in [-0.1, -0.05) is 25.7 Å². The first-order chi connectivity index (χ1) is 8.66. The zero-order chi connectivity index (χ0) is 14.3. The van der Waals surface area contributed by atoms with Crippen LogP contribution < -0.4 is 0 Å². The molecule has 3 nitrogen and oxygen atoms in total. The summed E-state index contributed by atoms with van der Waals surface area (Å²) in [5, 5.41) is 10.8. The van der Waals surface area contributed by atoms with Crippen LogP contribution in [0.25, 0.3) is 0 Å². The van der Waals surface area contributed by atoms with Gasteiger partial charge in [0.15, 0.2) is 5.78 Å². The molecule has 0 amide bonds. The van der Waals surface area contributed by atoms with Crippen molar-refractivity contribution >= 4 is 5.78 Å². The van der Waals surface area contributed by atoms with Crippen LogP contribution in [0.3, 0.4) is 0 Å². The quantitative estimate of drug-likeness (QED) is 0.782. The number of carbonyl (C=O) groups excluding carboxylic acids is 1. The fourth-order valence-electron chi connectivity index (χ4n) is 3.85. The number of aliphatic hydroxyl groups is 1. The van der Waals surface area contributed by atoms with Crippen LogP contribution in [-0.2, 0) is 9.53 Å². The number of rotatable bonds is 2. The monoisotopic (exact) mass is 268 g/mol. The highest BCUT2D eigenvalue weighted by molar-refractivity contribution is 5.90. The van der Waals surface area contributed by atoms with Crippen molar-refractivity contribution in [3.05, 3.63) is 0 Å². The van der Waals surface area contributed by atoms with Crippen molar-refractivity contribution < 1.29 is 14.6 Å². The molecule has 0 spiro atoms. The molecule has 0 bridgehead atoms. The summed E-state index contributed by atoms with van der Waals surface area (Å²) in [4.78, 5) is 12.8. The van der Waals surface area contributed by atoms with E-state index < -0.39 is 11.2 Å². The van der Waals surface area contributed by atoms with E-state index in [0.29, 0.717) is 19.3 Å². The zero-order valence-corrected chi connectivity index (χ0v) is 12.8. The van der Waals surface area contributed by atoms with Gasteiger partial charge in [-0.25, -0.2) is 0 Å². The summed E-state index contributed by atoms with van der Waals surface area (Å²) in [5.41, 5.74) is -1.85. The number of hydrogen-bond donors (Lipinski definition) is 1. The van der Waals surface area contributed by atoms with Gasteiger partial charge in [0.25, 0.3) is 0 Å². The van der Waals surface area contributed by atoms with Gasteiger partial charge in [0.1, 0.15) is 5.60 Å². The Balaban J connectivity index is 2.18. The van der Waals surface area contributed by atoms with E-state index in [1.54, 1.807) is 0 Å². The third kappa shape index (κ3) is 3.03. The van der Waals surface area contributed by atoms with E-state index in [-0.39, 0.29) is 17.3 Å². The summed E-state index contributed by atoms with van der Waals surface area (Å²) in [7, 11) is 0. The molecular formula is C16H28O3. The fraction of sp³-hybridized carbons (Fsp3) is 0.938. The Morgan fingerprint density at radius 2 is 1.58 bits per heavy atom. The second kappa shape index (κ2) is 4.85. The van der Waals surface area contributed by atoms with Gasteiger partial charge >= 0.3 is 0 Å². The molecule has 110 valence electrons. The predicted octanol–water partition coefficient (Wildman–Crippen LogP) is 3.23. The van der Waals surface area contributed by atoms with Gasteiger partial charge in [-0.3, -0.25) is 4.79 Å². The lowest BCUT2D eigenvalue weighted by Gasteiger charge is -2.33. The Kier molecular flexibility index (Phi) is 3.83.